The number of rotatable bonds is 4. The maximum atomic E-state index is 12.4. The van der Waals surface area contributed by atoms with E-state index in [4.69, 9.17) is 4.74 Å². The van der Waals surface area contributed by atoms with E-state index in [-0.39, 0.29) is 11.6 Å². The van der Waals surface area contributed by atoms with Crippen molar-refractivity contribution in [3.8, 4) is 5.75 Å². The zero-order chi connectivity index (χ0) is 19.1. The molecular formula is C17H18N4O4S. The van der Waals surface area contributed by atoms with Crippen LogP contribution in [0.1, 0.15) is 41.6 Å². The summed E-state index contributed by atoms with van der Waals surface area (Å²) in [6.07, 6.45) is 0. The van der Waals surface area contributed by atoms with Gasteiger partial charge in [0.25, 0.3) is 5.91 Å². The number of aromatic carboxylic acids is 1. The third-order valence-corrected chi connectivity index (χ3v) is 4.60. The SMILES string of the molecule is COc1ccc(C(=O)Nc2nc3c(s2)c(C(=O)O)nn3C(C)(C)C)cc1. The molecule has 0 aliphatic rings. The first-order valence-electron chi connectivity index (χ1n) is 7.79. The van der Waals surface area contributed by atoms with E-state index in [0.717, 1.165) is 11.3 Å². The fourth-order valence-electron chi connectivity index (χ4n) is 2.38. The van der Waals surface area contributed by atoms with Crippen LogP contribution in [0.15, 0.2) is 24.3 Å². The Hall–Kier alpha value is -2.94. The number of nitrogens with one attached hydrogen (secondary N) is 1. The highest BCUT2D eigenvalue weighted by Gasteiger charge is 2.27. The van der Waals surface area contributed by atoms with Crippen LogP contribution in [0.3, 0.4) is 0 Å². The molecule has 2 aromatic heterocycles. The average molecular weight is 374 g/mol. The van der Waals surface area contributed by atoms with Gasteiger partial charge in [0.2, 0.25) is 0 Å². The Morgan fingerprint density at radius 2 is 1.88 bits per heavy atom. The summed E-state index contributed by atoms with van der Waals surface area (Å²) < 4.78 is 7.06. The number of carboxylic acids is 1. The lowest BCUT2D eigenvalue weighted by Crippen LogP contribution is -2.23. The number of hydrogen-bond donors (Lipinski definition) is 2. The lowest BCUT2D eigenvalue weighted by molar-refractivity contribution is 0.0690. The largest absolute Gasteiger partial charge is 0.497 e. The molecule has 3 rings (SSSR count). The van der Waals surface area contributed by atoms with Gasteiger partial charge in [0.15, 0.2) is 16.5 Å². The second kappa shape index (κ2) is 6.41. The number of ether oxygens (including phenoxy) is 1. The molecule has 2 heterocycles. The van der Waals surface area contributed by atoms with E-state index in [1.807, 2.05) is 20.8 Å². The van der Waals surface area contributed by atoms with Crippen LogP contribution < -0.4 is 10.1 Å². The van der Waals surface area contributed by atoms with Gasteiger partial charge in [-0.3, -0.25) is 10.1 Å². The third kappa shape index (κ3) is 3.25. The second-order valence-corrected chi connectivity index (χ2v) is 7.59. The highest BCUT2D eigenvalue weighted by Crippen LogP contribution is 2.32. The normalized spacial score (nSPS) is 11.5. The molecule has 136 valence electrons. The Labute approximate surface area is 153 Å². The molecule has 0 aliphatic carbocycles. The Morgan fingerprint density at radius 3 is 2.42 bits per heavy atom. The first-order valence-corrected chi connectivity index (χ1v) is 8.61. The molecule has 0 unspecified atom stereocenters. The molecular weight excluding hydrogens is 356 g/mol. The lowest BCUT2D eigenvalue weighted by Gasteiger charge is -2.19. The molecule has 9 heteroatoms. The van der Waals surface area contributed by atoms with Gasteiger partial charge in [-0.05, 0) is 45.0 Å². The maximum Gasteiger partial charge on any atom is 0.357 e. The van der Waals surface area contributed by atoms with Gasteiger partial charge in [-0.1, -0.05) is 11.3 Å². The summed E-state index contributed by atoms with van der Waals surface area (Å²) in [7, 11) is 1.55. The van der Waals surface area contributed by atoms with Gasteiger partial charge in [-0.15, -0.1) is 0 Å². The van der Waals surface area contributed by atoms with Crippen molar-refractivity contribution in [3.05, 3.63) is 35.5 Å². The Kier molecular flexibility index (Phi) is 4.41. The molecule has 0 fully saturated rings. The Bertz CT molecular complexity index is 983. The van der Waals surface area contributed by atoms with Gasteiger partial charge in [0.05, 0.1) is 12.6 Å². The van der Waals surface area contributed by atoms with E-state index < -0.39 is 11.5 Å². The molecule has 0 atom stereocenters. The van der Waals surface area contributed by atoms with E-state index in [1.165, 1.54) is 0 Å². The fraction of sp³-hybridized carbons (Fsp3) is 0.294. The Balaban J connectivity index is 1.95. The van der Waals surface area contributed by atoms with Gasteiger partial charge in [0.1, 0.15) is 10.4 Å². The van der Waals surface area contributed by atoms with Crippen molar-refractivity contribution in [2.45, 2.75) is 26.3 Å². The standard InChI is InChI=1S/C17H18N4O4S/c1-17(2,3)21-13-12(11(20-21)15(23)24)26-16(18-13)19-14(22)9-5-7-10(25-4)8-6-9/h5-8H,1-4H3,(H,23,24)(H,18,19,22). The van der Waals surface area contributed by atoms with E-state index in [0.29, 0.717) is 26.8 Å². The maximum absolute atomic E-state index is 12.4. The summed E-state index contributed by atoms with van der Waals surface area (Å²) in [6, 6.07) is 6.66. The van der Waals surface area contributed by atoms with Crippen molar-refractivity contribution in [3.63, 3.8) is 0 Å². The molecule has 0 aliphatic heterocycles. The quantitative estimate of drug-likeness (QED) is 0.726. The molecule has 3 aromatic rings. The molecule has 26 heavy (non-hydrogen) atoms. The van der Waals surface area contributed by atoms with Crippen LogP contribution in [0.2, 0.25) is 0 Å². The van der Waals surface area contributed by atoms with Crippen molar-refractivity contribution < 1.29 is 19.4 Å². The van der Waals surface area contributed by atoms with E-state index in [1.54, 1.807) is 36.1 Å². The van der Waals surface area contributed by atoms with Crippen molar-refractivity contribution >= 4 is 38.7 Å². The first kappa shape index (κ1) is 17.9. The first-order chi connectivity index (χ1) is 12.2. The molecule has 2 N–H and O–H groups in total. The molecule has 0 radical (unpaired) electrons. The number of methoxy groups -OCH3 is 1. The number of thiazole rings is 1. The number of carbonyl (C=O) groups is 2. The van der Waals surface area contributed by atoms with E-state index in [9.17, 15) is 14.7 Å². The molecule has 0 spiro atoms. The van der Waals surface area contributed by atoms with Crippen molar-refractivity contribution in [1.82, 2.24) is 14.8 Å². The number of hydrogen-bond acceptors (Lipinski definition) is 6. The van der Waals surface area contributed by atoms with Crippen LogP contribution in [-0.2, 0) is 5.54 Å². The minimum Gasteiger partial charge on any atom is -0.497 e. The zero-order valence-corrected chi connectivity index (χ0v) is 15.5. The summed E-state index contributed by atoms with van der Waals surface area (Å²) in [5, 5.41) is 16.6. The van der Waals surface area contributed by atoms with Crippen LogP contribution in [0.25, 0.3) is 10.3 Å². The molecule has 1 amide bonds. The number of aromatic nitrogens is 3. The van der Waals surface area contributed by atoms with Gasteiger partial charge in [-0.2, -0.15) is 10.1 Å². The number of carbonyl (C=O) groups excluding carboxylic acids is 1. The molecule has 1 aromatic carbocycles. The summed E-state index contributed by atoms with van der Waals surface area (Å²) >= 11 is 1.09. The van der Waals surface area contributed by atoms with Crippen LogP contribution in [0.5, 0.6) is 5.75 Å². The van der Waals surface area contributed by atoms with Crippen molar-refractivity contribution in [2.75, 3.05) is 12.4 Å². The number of benzene rings is 1. The van der Waals surface area contributed by atoms with Crippen LogP contribution in [0, 0.1) is 0 Å². The summed E-state index contributed by atoms with van der Waals surface area (Å²) in [5.74, 6) is -0.816. The highest BCUT2D eigenvalue weighted by molar-refractivity contribution is 7.22. The van der Waals surface area contributed by atoms with Crippen molar-refractivity contribution in [2.24, 2.45) is 0 Å². The number of amides is 1. The third-order valence-electron chi connectivity index (χ3n) is 3.64. The second-order valence-electron chi connectivity index (χ2n) is 6.59. The minimum absolute atomic E-state index is 0.0719. The number of nitrogens with zero attached hydrogens (tertiary/aromatic N) is 3. The molecule has 8 nitrogen and oxygen atoms in total. The summed E-state index contributed by atoms with van der Waals surface area (Å²) in [4.78, 5) is 28.2. The monoisotopic (exact) mass is 374 g/mol. The van der Waals surface area contributed by atoms with Crippen molar-refractivity contribution in [1.29, 1.82) is 0 Å². The van der Waals surface area contributed by atoms with Gasteiger partial charge >= 0.3 is 5.97 Å². The summed E-state index contributed by atoms with van der Waals surface area (Å²) in [6.45, 7) is 5.71. The van der Waals surface area contributed by atoms with Gasteiger partial charge in [0, 0.05) is 5.56 Å². The van der Waals surface area contributed by atoms with Gasteiger partial charge < -0.3 is 9.84 Å². The topological polar surface area (TPSA) is 106 Å². The molecule has 0 saturated carbocycles. The number of carboxylic acid groups (broad SMARTS) is 1. The van der Waals surface area contributed by atoms with Crippen LogP contribution in [-0.4, -0.2) is 38.9 Å². The predicted octanol–water partition coefficient (Wildman–Crippen LogP) is 3.21. The number of fused-ring (bicyclic) bond motifs is 1. The van der Waals surface area contributed by atoms with Crippen LogP contribution in [0.4, 0.5) is 5.13 Å². The minimum atomic E-state index is -1.13. The van der Waals surface area contributed by atoms with Gasteiger partial charge in [-0.25, -0.2) is 9.48 Å². The molecule has 0 bridgehead atoms. The summed E-state index contributed by atoms with van der Waals surface area (Å²) in [5.41, 5.74) is 0.361. The smallest absolute Gasteiger partial charge is 0.357 e. The zero-order valence-electron chi connectivity index (χ0n) is 14.7. The van der Waals surface area contributed by atoms with Crippen LogP contribution >= 0.6 is 11.3 Å². The van der Waals surface area contributed by atoms with E-state index >= 15 is 0 Å². The highest BCUT2D eigenvalue weighted by atomic mass is 32.1. The average Bonchev–Trinajstić information content (AvgIpc) is 3.12. The lowest BCUT2D eigenvalue weighted by atomic mass is 10.1. The molecule has 0 saturated heterocycles. The predicted molar refractivity (Wildman–Crippen MR) is 98.3 cm³/mol. The van der Waals surface area contributed by atoms with E-state index in [2.05, 4.69) is 15.4 Å². The Morgan fingerprint density at radius 1 is 1.23 bits per heavy atom. The number of anilines is 1. The fourth-order valence-corrected chi connectivity index (χ4v) is 3.29.